The molecule has 2 aliphatic carbocycles. The molecular weight excluding hydrogens is 673 g/mol. The molecule has 0 amide bonds. The maximum atomic E-state index is 5.51. The number of hydrogen-bond acceptors (Lipinski definition) is 3. The maximum absolute atomic E-state index is 5.51. The number of amidine groups is 1. The second-order valence-corrected chi connectivity index (χ2v) is 15.7. The molecular formula is C51H32N2S. The summed E-state index contributed by atoms with van der Waals surface area (Å²) in [6, 6.07) is 67.2. The van der Waals surface area contributed by atoms with Gasteiger partial charge in [-0.15, -0.1) is 0 Å². The van der Waals surface area contributed by atoms with Crippen molar-refractivity contribution in [3.8, 4) is 33.4 Å². The van der Waals surface area contributed by atoms with Gasteiger partial charge in [-0.05, 0) is 90.2 Å². The van der Waals surface area contributed by atoms with Gasteiger partial charge in [-0.25, -0.2) is 4.99 Å². The van der Waals surface area contributed by atoms with E-state index in [4.69, 9.17) is 4.99 Å². The summed E-state index contributed by atoms with van der Waals surface area (Å²) in [6.07, 6.45) is 0. The lowest BCUT2D eigenvalue weighted by atomic mass is 9.69. The fraction of sp³-hybridized carbons (Fsp3) is 0.0392. The minimum Gasteiger partial charge on any atom is -0.358 e. The van der Waals surface area contributed by atoms with E-state index < -0.39 is 5.41 Å². The van der Waals surface area contributed by atoms with Crippen LogP contribution in [-0.4, -0.2) is 5.84 Å². The third-order valence-electron chi connectivity index (χ3n) is 11.9. The van der Waals surface area contributed by atoms with Crippen LogP contribution in [-0.2, 0) is 5.41 Å². The summed E-state index contributed by atoms with van der Waals surface area (Å²) < 4.78 is 0. The average molecular weight is 705 g/mol. The largest absolute Gasteiger partial charge is 0.358 e. The van der Waals surface area contributed by atoms with E-state index in [1.165, 1.54) is 81.8 Å². The second kappa shape index (κ2) is 11.3. The van der Waals surface area contributed by atoms with E-state index in [0.29, 0.717) is 0 Å². The molecule has 1 unspecified atom stereocenters. The Morgan fingerprint density at radius 2 is 1.15 bits per heavy atom. The fourth-order valence-electron chi connectivity index (χ4n) is 9.76. The number of aliphatic imine (C=N–C) groups is 1. The highest BCUT2D eigenvalue weighted by Gasteiger charge is 2.53. The Morgan fingerprint density at radius 1 is 0.500 bits per heavy atom. The van der Waals surface area contributed by atoms with Gasteiger partial charge in [0.2, 0.25) is 0 Å². The van der Waals surface area contributed by atoms with Crippen LogP contribution in [0.1, 0.15) is 45.0 Å². The van der Waals surface area contributed by atoms with Crippen molar-refractivity contribution in [2.75, 3.05) is 0 Å². The third-order valence-corrected chi connectivity index (χ3v) is 13.2. The summed E-state index contributed by atoms with van der Waals surface area (Å²) in [4.78, 5) is 8.05. The van der Waals surface area contributed by atoms with E-state index in [1.807, 2.05) is 11.8 Å². The van der Waals surface area contributed by atoms with Gasteiger partial charge in [0.15, 0.2) is 0 Å². The molecule has 2 heterocycles. The van der Waals surface area contributed by atoms with Gasteiger partial charge in [-0.2, -0.15) is 0 Å². The standard InChI is InChI=1S/C51H32N2S/c1-3-15-31(16-4-1)40-29-33-19-7-8-20-35(33)46-45(40)38-28-27-34(30-43(38)51(46)41-24-12-9-21-36(41)37-22-10-13-25-42(37)51)47-49-48(39-23-11-14-26-44(39)54-49)53-50(52-47)32-17-5-2-6-18-32/h1-30,48H,(H,52,53). The van der Waals surface area contributed by atoms with Gasteiger partial charge >= 0.3 is 0 Å². The summed E-state index contributed by atoms with van der Waals surface area (Å²) in [5.74, 6) is 0.907. The number of hydrogen-bond donors (Lipinski definition) is 1. The second-order valence-electron chi connectivity index (χ2n) is 14.6. The summed E-state index contributed by atoms with van der Waals surface area (Å²) in [6.45, 7) is 0. The van der Waals surface area contributed by atoms with Crippen LogP contribution in [0, 0.1) is 0 Å². The van der Waals surface area contributed by atoms with Gasteiger partial charge in [-0.1, -0.05) is 176 Å². The molecule has 8 aromatic rings. The van der Waals surface area contributed by atoms with Crippen LogP contribution < -0.4 is 5.32 Å². The van der Waals surface area contributed by atoms with Crippen molar-refractivity contribution in [2.45, 2.75) is 16.4 Å². The third kappa shape index (κ3) is 4.00. The molecule has 54 heavy (non-hydrogen) atoms. The SMILES string of the molecule is c1ccc(C2=NC(c3ccc4c(c3)C3(c5ccccc5-c5ccccc53)c3c-4c(-c4ccccc4)cc4ccccc34)=C3Sc4ccccc4C3N2)cc1. The van der Waals surface area contributed by atoms with Crippen molar-refractivity contribution in [1.29, 1.82) is 0 Å². The van der Waals surface area contributed by atoms with Gasteiger partial charge < -0.3 is 5.32 Å². The molecule has 0 bridgehead atoms. The van der Waals surface area contributed by atoms with E-state index in [1.54, 1.807) is 0 Å². The molecule has 1 N–H and O–H groups in total. The number of benzene rings is 8. The Labute approximate surface area is 318 Å². The molecule has 1 spiro atoms. The molecule has 0 saturated carbocycles. The van der Waals surface area contributed by atoms with Crippen LogP contribution in [0.15, 0.2) is 197 Å². The van der Waals surface area contributed by atoms with Crippen molar-refractivity contribution in [3.63, 3.8) is 0 Å². The van der Waals surface area contributed by atoms with Gasteiger partial charge in [-0.3, -0.25) is 0 Å². The first-order valence-corrected chi connectivity index (χ1v) is 19.5. The predicted molar refractivity (Wildman–Crippen MR) is 224 cm³/mol. The molecule has 8 aromatic carbocycles. The monoisotopic (exact) mass is 704 g/mol. The average Bonchev–Trinajstić information content (AvgIpc) is 3.88. The summed E-state index contributed by atoms with van der Waals surface area (Å²) in [5.41, 5.74) is 17.2. The van der Waals surface area contributed by atoms with Crippen molar-refractivity contribution in [3.05, 3.63) is 226 Å². The molecule has 0 saturated heterocycles. The van der Waals surface area contributed by atoms with Gasteiger partial charge in [0, 0.05) is 20.9 Å². The molecule has 1 atom stereocenters. The molecule has 4 aliphatic rings. The fourth-order valence-corrected chi connectivity index (χ4v) is 11.0. The van der Waals surface area contributed by atoms with E-state index in [-0.39, 0.29) is 6.04 Å². The lowest BCUT2D eigenvalue weighted by Crippen LogP contribution is -2.32. The van der Waals surface area contributed by atoms with Crippen LogP contribution in [0.25, 0.3) is 49.9 Å². The quantitative estimate of drug-likeness (QED) is 0.198. The van der Waals surface area contributed by atoms with E-state index in [0.717, 1.165) is 22.7 Å². The van der Waals surface area contributed by atoms with E-state index in [2.05, 4.69) is 187 Å². The van der Waals surface area contributed by atoms with Crippen molar-refractivity contribution >= 4 is 34.1 Å². The zero-order chi connectivity index (χ0) is 35.4. The lowest BCUT2D eigenvalue weighted by Gasteiger charge is -2.32. The first-order valence-electron chi connectivity index (χ1n) is 18.7. The predicted octanol–water partition coefficient (Wildman–Crippen LogP) is 12.4. The van der Waals surface area contributed by atoms with E-state index in [9.17, 15) is 0 Å². The zero-order valence-electron chi connectivity index (χ0n) is 29.3. The minimum atomic E-state index is -0.520. The highest BCUT2D eigenvalue weighted by Crippen LogP contribution is 2.66. The van der Waals surface area contributed by atoms with Crippen LogP contribution in [0.2, 0.25) is 0 Å². The van der Waals surface area contributed by atoms with Crippen LogP contribution in [0.3, 0.4) is 0 Å². The number of nitrogens with one attached hydrogen (secondary N) is 1. The molecule has 0 radical (unpaired) electrons. The molecule has 252 valence electrons. The minimum absolute atomic E-state index is 0.0369. The molecule has 12 rings (SSSR count). The van der Waals surface area contributed by atoms with E-state index >= 15 is 0 Å². The summed E-state index contributed by atoms with van der Waals surface area (Å²) in [5, 5.41) is 6.40. The van der Waals surface area contributed by atoms with Crippen LogP contribution in [0.5, 0.6) is 0 Å². The molecule has 2 nitrogen and oxygen atoms in total. The molecule has 3 heteroatoms. The van der Waals surface area contributed by atoms with Gasteiger partial charge in [0.05, 0.1) is 17.2 Å². The number of fused-ring (bicyclic) bond motifs is 15. The molecule has 0 fully saturated rings. The highest BCUT2D eigenvalue weighted by molar-refractivity contribution is 8.03. The number of rotatable bonds is 3. The smallest absolute Gasteiger partial charge is 0.134 e. The topological polar surface area (TPSA) is 24.4 Å². The number of nitrogens with zero attached hydrogens (tertiary/aromatic N) is 1. The summed E-state index contributed by atoms with van der Waals surface area (Å²) in [7, 11) is 0. The first-order chi connectivity index (χ1) is 26.8. The van der Waals surface area contributed by atoms with Gasteiger partial charge in [0.1, 0.15) is 5.84 Å². The van der Waals surface area contributed by atoms with Crippen LogP contribution >= 0.6 is 11.8 Å². The highest BCUT2D eigenvalue weighted by atomic mass is 32.2. The Hall–Kier alpha value is -6.42. The Kier molecular flexibility index (Phi) is 6.29. The molecule has 0 aromatic heterocycles. The Morgan fingerprint density at radius 3 is 1.93 bits per heavy atom. The first kappa shape index (κ1) is 30.1. The van der Waals surface area contributed by atoms with Crippen molar-refractivity contribution < 1.29 is 0 Å². The maximum Gasteiger partial charge on any atom is 0.134 e. The number of thioether (sulfide) groups is 1. The van der Waals surface area contributed by atoms with Gasteiger partial charge in [0.25, 0.3) is 0 Å². The Balaban J connectivity index is 1.20. The Bertz CT molecular complexity index is 2890. The molecule has 2 aliphatic heterocycles. The van der Waals surface area contributed by atoms with Crippen LogP contribution in [0.4, 0.5) is 0 Å². The van der Waals surface area contributed by atoms with Crippen molar-refractivity contribution in [2.24, 2.45) is 4.99 Å². The van der Waals surface area contributed by atoms with Crippen molar-refractivity contribution in [1.82, 2.24) is 5.32 Å². The summed E-state index contributed by atoms with van der Waals surface area (Å²) >= 11 is 1.85. The zero-order valence-corrected chi connectivity index (χ0v) is 30.1. The lowest BCUT2D eigenvalue weighted by molar-refractivity contribution is 0.767. The normalized spacial score (nSPS) is 16.6.